The number of pyridine rings is 1. The Morgan fingerprint density at radius 2 is 2.12 bits per heavy atom. The Bertz CT molecular complexity index is 854. The maximum Gasteiger partial charge on any atom is 0.131 e. The molecular weight excluding hydrogens is 353 g/mol. The Hall–Kier alpha value is -3.00. The van der Waals surface area contributed by atoms with Gasteiger partial charge in [0.05, 0.1) is 7.11 Å². The molecule has 0 unspecified atom stereocenters. The highest BCUT2D eigenvalue weighted by Gasteiger charge is 2.18. The van der Waals surface area contributed by atoms with Crippen molar-refractivity contribution in [1.82, 2.24) is 14.6 Å². The first-order valence-corrected chi connectivity index (χ1v) is 8.58. The van der Waals surface area contributed by atoms with Crippen LogP contribution < -0.4 is 15.9 Å². The first kappa shape index (κ1) is 17.8. The minimum atomic E-state index is -0.326. The molecule has 3 N–H and O–H groups in total. The van der Waals surface area contributed by atoms with Crippen LogP contribution in [0, 0.1) is 5.82 Å². The van der Waals surface area contributed by atoms with Crippen LogP contribution in [0.3, 0.4) is 0 Å². The monoisotopic (exact) mass is 371 g/mol. The van der Waals surface area contributed by atoms with Gasteiger partial charge in [-0.2, -0.15) is 5.10 Å². The maximum absolute atomic E-state index is 14.1. The van der Waals surface area contributed by atoms with Crippen LogP contribution in [0.5, 0.6) is 5.75 Å². The number of aromatic nitrogens is 1. The number of benzene rings is 1. The summed E-state index contributed by atoms with van der Waals surface area (Å²) in [6.45, 7) is 0.260. The van der Waals surface area contributed by atoms with E-state index in [-0.39, 0.29) is 12.4 Å². The van der Waals surface area contributed by atoms with Gasteiger partial charge in [-0.25, -0.2) is 4.39 Å². The Morgan fingerprint density at radius 3 is 2.85 bits per heavy atom. The molecule has 0 radical (unpaired) electrons. The molecule has 0 atom stereocenters. The number of ether oxygens (including phenoxy) is 1. The summed E-state index contributed by atoms with van der Waals surface area (Å²) in [6, 6.07) is 8.60. The quantitative estimate of drug-likeness (QED) is 0.267. The third-order valence-corrected chi connectivity index (χ3v) is 4.76. The van der Waals surface area contributed by atoms with Crippen molar-refractivity contribution >= 4 is 23.2 Å². The summed E-state index contributed by atoms with van der Waals surface area (Å²) in [5.74, 6) is 6.23. The Labute approximate surface area is 155 Å². The van der Waals surface area contributed by atoms with Crippen molar-refractivity contribution in [2.24, 2.45) is 10.9 Å². The number of methoxy groups -OCH3 is 1. The standard InChI is InChI=1S/C18H18FN5OS/c1-25-16-4-2-3-15(19)14(16)11-22-18-6-5-17(26-24(18)12-23-20)13-7-9-21-10-8-13/h2-10,12,22H,11,20H2,1H3/b23-12-. The van der Waals surface area contributed by atoms with Gasteiger partial charge in [0, 0.05) is 29.4 Å². The van der Waals surface area contributed by atoms with Crippen LogP contribution in [0.2, 0.25) is 0 Å². The molecule has 1 aromatic heterocycles. The third kappa shape index (κ3) is 3.97. The van der Waals surface area contributed by atoms with E-state index >= 15 is 0 Å². The first-order chi connectivity index (χ1) is 12.7. The predicted molar refractivity (Wildman–Crippen MR) is 102 cm³/mol. The number of halogens is 1. The molecule has 0 saturated heterocycles. The third-order valence-electron chi connectivity index (χ3n) is 3.71. The van der Waals surface area contributed by atoms with Crippen molar-refractivity contribution in [2.75, 3.05) is 7.11 Å². The van der Waals surface area contributed by atoms with Gasteiger partial charge in [-0.05, 0) is 53.9 Å². The molecule has 134 valence electrons. The summed E-state index contributed by atoms with van der Waals surface area (Å²) in [6.07, 6.45) is 8.83. The number of hydrogen-bond donors (Lipinski definition) is 2. The lowest BCUT2D eigenvalue weighted by Crippen LogP contribution is -2.28. The molecule has 6 nitrogen and oxygen atoms in total. The predicted octanol–water partition coefficient (Wildman–Crippen LogP) is 3.07. The normalized spacial score (nSPS) is 14.2. The van der Waals surface area contributed by atoms with Gasteiger partial charge >= 0.3 is 0 Å². The van der Waals surface area contributed by atoms with Crippen LogP contribution in [0.15, 0.2) is 65.8 Å². The van der Waals surface area contributed by atoms with Crippen molar-refractivity contribution < 1.29 is 9.13 Å². The second-order valence-corrected chi connectivity index (χ2v) is 6.29. The highest BCUT2D eigenvalue weighted by molar-refractivity contribution is 8.06. The molecule has 3 rings (SSSR count). The topological polar surface area (TPSA) is 75.8 Å². The van der Waals surface area contributed by atoms with Gasteiger partial charge in [0.15, 0.2) is 0 Å². The molecule has 8 heteroatoms. The van der Waals surface area contributed by atoms with Crippen LogP contribution >= 0.6 is 11.9 Å². The van der Waals surface area contributed by atoms with E-state index in [0.29, 0.717) is 11.3 Å². The van der Waals surface area contributed by atoms with E-state index in [1.54, 1.807) is 28.8 Å². The number of nitrogens with one attached hydrogen (secondary N) is 1. The Kier molecular flexibility index (Phi) is 5.75. The molecule has 0 bridgehead atoms. The van der Waals surface area contributed by atoms with E-state index in [1.807, 2.05) is 24.3 Å². The van der Waals surface area contributed by atoms with E-state index in [1.165, 1.54) is 31.5 Å². The molecule has 0 fully saturated rings. The molecular formula is C18H18FN5OS. The smallest absolute Gasteiger partial charge is 0.131 e. The largest absolute Gasteiger partial charge is 0.496 e. The second-order valence-electron chi connectivity index (χ2n) is 5.27. The molecule has 1 aliphatic heterocycles. The van der Waals surface area contributed by atoms with Gasteiger partial charge in [0.2, 0.25) is 0 Å². The van der Waals surface area contributed by atoms with Crippen molar-refractivity contribution in [3.63, 3.8) is 0 Å². The fourth-order valence-electron chi connectivity index (χ4n) is 2.44. The zero-order chi connectivity index (χ0) is 18.4. The lowest BCUT2D eigenvalue weighted by molar-refractivity contribution is 0.402. The summed E-state index contributed by atoms with van der Waals surface area (Å²) in [5.41, 5.74) is 1.49. The Morgan fingerprint density at radius 1 is 1.31 bits per heavy atom. The number of hydrogen-bond acceptors (Lipinski definition) is 6. The molecule has 2 heterocycles. The van der Waals surface area contributed by atoms with Gasteiger partial charge in [-0.15, -0.1) is 0 Å². The highest BCUT2D eigenvalue weighted by atomic mass is 32.2. The van der Waals surface area contributed by atoms with Crippen LogP contribution in [-0.4, -0.2) is 22.7 Å². The molecule has 1 aromatic carbocycles. The highest BCUT2D eigenvalue weighted by Crippen LogP contribution is 2.35. The minimum absolute atomic E-state index is 0.260. The molecule has 1 aliphatic rings. The van der Waals surface area contributed by atoms with E-state index in [0.717, 1.165) is 16.3 Å². The fourth-order valence-corrected chi connectivity index (χ4v) is 3.35. The van der Waals surface area contributed by atoms with E-state index in [2.05, 4.69) is 15.4 Å². The summed E-state index contributed by atoms with van der Waals surface area (Å²) in [7, 11) is 1.52. The average molecular weight is 371 g/mol. The fraction of sp³-hybridized carbons (Fsp3) is 0.111. The summed E-state index contributed by atoms with van der Waals surface area (Å²) in [5, 5.41) is 6.81. The van der Waals surface area contributed by atoms with E-state index in [9.17, 15) is 4.39 Å². The minimum Gasteiger partial charge on any atom is -0.496 e. The zero-order valence-electron chi connectivity index (χ0n) is 14.1. The van der Waals surface area contributed by atoms with Gasteiger partial charge < -0.3 is 15.9 Å². The van der Waals surface area contributed by atoms with Crippen molar-refractivity contribution in [3.05, 3.63) is 77.6 Å². The van der Waals surface area contributed by atoms with E-state index in [4.69, 9.17) is 10.6 Å². The maximum atomic E-state index is 14.1. The molecule has 0 spiro atoms. The number of nitrogens with two attached hydrogens (primary N) is 1. The van der Waals surface area contributed by atoms with Crippen LogP contribution in [0.1, 0.15) is 11.1 Å². The molecule has 0 aliphatic carbocycles. The van der Waals surface area contributed by atoms with Crippen molar-refractivity contribution in [2.45, 2.75) is 6.54 Å². The number of rotatable bonds is 6. The van der Waals surface area contributed by atoms with Gasteiger partial charge in [-0.3, -0.25) is 9.29 Å². The lowest BCUT2D eigenvalue weighted by Gasteiger charge is -2.26. The summed E-state index contributed by atoms with van der Waals surface area (Å²) >= 11 is 1.45. The van der Waals surface area contributed by atoms with Crippen LogP contribution in [0.4, 0.5) is 4.39 Å². The average Bonchev–Trinajstić information content (AvgIpc) is 2.68. The van der Waals surface area contributed by atoms with Crippen molar-refractivity contribution in [1.29, 1.82) is 0 Å². The molecule has 2 aromatic rings. The lowest BCUT2D eigenvalue weighted by atomic mass is 10.2. The second kappa shape index (κ2) is 8.39. The molecule has 0 saturated carbocycles. The van der Waals surface area contributed by atoms with Crippen LogP contribution in [0.25, 0.3) is 4.91 Å². The zero-order valence-corrected chi connectivity index (χ0v) is 14.9. The van der Waals surface area contributed by atoms with Gasteiger partial charge in [0.1, 0.15) is 23.7 Å². The van der Waals surface area contributed by atoms with Crippen LogP contribution in [-0.2, 0) is 6.54 Å². The van der Waals surface area contributed by atoms with Crippen molar-refractivity contribution in [3.8, 4) is 5.75 Å². The molecule has 0 amide bonds. The molecule has 26 heavy (non-hydrogen) atoms. The summed E-state index contributed by atoms with van der Waals surface area (Å²) in [4.78, 5) is 5.04. The first-order valence-electron chi connectivity index (χ1n) is 7.81. The number of nitrogens with zero attached hydrogens (tertiary/aromatic N) is 3. The van der Waals surface area contributed by atoms with Gasteiger partial charge in [-0.1, -0.05) is 6.07 Å². The number of allylic oxidation sites excluding steroid dienone is 2. The van der Waals surface area contributed by atoms with Gasteiger partial charge in [0.25, 0.3) is 0 Å². The SMILES string of the molecule is COc1cccc(F)c1CNC1=CC=C(c2ccncc2)SN1/C=N\N. The number of hydrazone groups is 1. The summed E-state index contributed by atoms with van der Waals surface area (Å²) < 4.78 is 21.1. The van der Waals surface area contributed by atoms with E-state index < -0.39 is 0 Å². The Balaban J connectivity index is 1.82.